The standard InChI is InChI=1S/C8H10O4/c1-4-7(10)12-8(11)5(2)6(3)9/h4,6,9H,1-2H2,3H3. The van der Waals surface area contributed by atoms with Gasteiger partial charge < -0.3 is 9.84 Å². The highest BCUT2D eigenvalue weighted by atomic mass is 16.6. The lowest BCUT2D eigenvalue weighted by atomic mass is 10.2. The van der Waals surface area contributed by atoms with Crippen LogP contribution >= 0.6 is 0 Å². The molecule has 1 unspecified atom stereocenters. The van der Waals surface area contributed by atoms with Gasteiger partial charge in [0, 0.05) is 6.08 Å². The molecule has 0 fully saturated rings. The first-order valence-corrected chi connectivity index (χ1v) is 3.24. The highest BCUT2D eigenvalue weighted by Crippen LogP contribution is 2.01. The van der Waals surface area contributed by atoms with Gasteiger partial charge in [-0.25, -0.2) is 9.59 Å². The van der Waals surface area contributed by atoms with Crippen LogP contribution in [-0.4, -0.2) is 23.1 Å². The van der Waals surface area contributed by atoms with Crippen LogP contribution in [0.25, 0.3) is 0 Å². The molecule has 0 bridgehead atoms. The molecule has 0 spiro atoms. The zero-order chi connectivity index (χ0) is 9.72. The van der Waals surface area contributed by atoms with Gasteiger partial charge in [0.15, 0.2) is 0 Å². The van der Waals surface area contributed by atoms with Gasteiger partial charge in [-0.1, -0.05) is 13.2 Å². The number of carbonyl (C=O) groups excluding carboxylic acids is 2. The van der Waals surface area contributed by atoms with E-state index >= 15 is 0 Å². The molecule has 0 aliphatic carbocycles. The Bertz CT molecular complexity index is 227. The van der Waals surface area contributed by atoms with Crippen molar-refractivity contribution in [2.45, 2.75) is 13.0 Å². The van der Waals surface area contributed by atoms with Crippen molar-refractivity contribution in [1.29, 1.82) is 0 Å². The topological polar surface area (TPSA) is 63.6 Å². The molecule has 0 aromatic heterocycles. The largest absolute Gasteiger partial charge is 0.388 e. The lowest BCUT2D eigenvalue weighted by Gasteiger charge is -2.05. The Morgan fingerprint density at radius 3 is 2.42 bits per heavy atom. The zero-order valence-electron chi connectivity index (χ0n) is 6.74. The third-order valence-electron chi connectivity index (χ3n) is 1.13. The fraction of sp³-hybridized carbons (Fsp3) is 0.250. The summed E-state index contributed by atoms with van der Waals surface area (Å²) in [6, 6.07) is 0. The predicted molar refractivity (Wildman–Crippen MR) is 42.1 cm³/mol. The number of hydrogen-bond acceptors (Lipinski definition) is 4. The normalized spacial score (nSPS) is 11.5. The highest BCUT2D eigenvalue weighted by molar-refractivity contribution is 5.99. The van der Waals surface area contributed by atoms with E-state index in [-0.39, 0.29) is 5.57 Å². The summed E-state index contributed by atoms with van der Waals surface area (Å²) in [4.78, 5) is 21.3. The molecule has 0 amide bonds. The van der Waals surface area contributed by atoms with Gasteiger partial charge in [0.1, 0.15) is 0 Å². The maximum absolute atomic E-state index is 10.8. The molecule has 0 aromatic rings. The average Bonchev–Trinajstić information content (AvgIpc) is 2.02. The van der Waals surface area contributed by atoms with E-state index in [1.807, 2.05) is 0 Å². The van der Waals surface area contributed by atoms with Gasteiger partial charge >= 0.3 is 11.9 Å². The predicted octanol–water partition coefficient (Wildman–Crippen LogP) is 0.179. The van der Waals surface area contributed by atoms with Crippen molar-refractivity contribution < 1.29 is 19.4 Å². The summed E-state index contributed by atoms with van der Waals surface area (Å²) in [5.41, 5.74) is -0.162. The fourth-order valence-electron chi connectivity index (χ4n) is 0.369. The molecular weight excluding hydrogens is 160 g/mol. The van der Waals surface area contributed by atoms with E-state index in [4.69, 9.17) is 5.11 Å². The van der Waals surface area contributed by atoms with E-state index < -0.39 is 18.0 Å². The molecule has 0 saturated heterocycles. The number of esters is 2. The first kappa shape index (κ1) is 10.6. The Hall–Kier alpha value is -1.42. The summed E-state index contributed by atoms with van der Waals surface area (Å²) in [5, 5.41) is 8.84. The Morgan fingerprint density at radius 1 is 1.58 bits per heavy atom. The summed E-state index contributed by atoms with van der Waals surface area (Å²) < 4.78 is 4.17. The molecule has 0 aliphatic rings. The molecule has 4 heteroatoms. The molecule has 0 radical (unpaired) electrons. The van der Waals surface area contributed by atoms with E-state index in [9.17, 15) is 9.59 Å². The number of aliphatic hydroxyl groups is 1. The smallest absolute Gasteiger partial charge is 0.343 e. The molecule has 1 N–H and O–H groups in total. The van der Waals surface area contributed by atoms with Crippen LogP contribution in [0.2, 0.25) is 0 Å². The molecule has 1 atom stereocenters. The van der Waals surface area contributed by atoms with Gasteiger partial charge in [-0.2, -0.15) is 0 Å². The average molecular weight is 170 g/mol. The van der Waals surface area contributed by atoms with E-state index in [1.54, 1.807) is 0 Å². The van der Waals surface area contributed by atoms with Crippen LogP contribution in [0, 0.1) is 0 Å². The van der Waals surface area contributed by atoms with Crippen LogP contribution in [0.1, 0.15) is 6.92 Å². The maximum Gasteiger partial charge on any atom is 0.343 e. The molecule has 0 aromatic carbocycles. The van der Waals surface area contributed by atoms with Crippen LogP contribution in [-0.2, 0) is 14.3 Å². The highest BCUT2D eigenvalue weighted by Gasteiger charge is 2.15. The molecule has 0 saturated carbocycles. The minimum Gasteiger partial charge on any atom is -0.388 e. The van der Waals surface area contributed by atoms with E-state index in [0.29, 0.717) is 0 Å². The van der Waals surface area contributed by atoms with Crippen molar-refractivity contribution in [1.82, 2.24) is 0 Å². The summed E-state index contributed by atoms with van der Waals surface area (Å²) in [6.45, 7) is 7.68. The maximum atomic E-state index is 10.8. The van der Waals surface area contributed by atoms with Gasteiger partial charge in [-0.05, 0) is 6.92 Å². The van der Waals surface area contributed by atoms with Crippen molar-refractivity contribution in [3.05, 3.63) is 24.8 Å². The molecule has 0 heterocycles. The minimum absolute atomic E-state index is 0.162. The number of carbonyl (C=O) groups is 2. The summed E-state index contributed by atoms with van der Waals surface area (Å²) in [6.07, 6.45) is -0.164. The fourth-order valence-corrected chi connectivity index (χ4v) is 0.369. The quantitative estimate of drug-likeness (QED) is 0.373. The van der Waals surface area contributed by atoms with Crippen molar-refractivity contribution >= 4 is 11.9 Å². The SMILES string of the molecule is C=CC(=O)OC(=O)C(=C)C(C)O. The molecule has 12 heavy (non-hydrogen) atoms. The lowest BCUT2D eigenvalue weighted by molar-refractivity contribution is -0.153. The number of hydrogen-bond donors (Lipinski definition) is 1. The molecule has 66 valence electrons. The van der Waals surface area contributed by atoms with Crippen LogP contribution < -0.4 is 0 Å². The molecule has 0 aliphatic heterocycles. The van der Waals surface area contributed by atoms with Gasteiger partial charge in [0.05, 0.1) is 11.7 Å². The van der Waals surface area contributed by atoms with Crippen LogP contribution in [0.3, 0.4) is 0 Å². The molecular formula is C8H10O4. The second-order valence-electron chi connectivity index (χ2n) is 2.11. The number of ether oxygens (including phenoxy) is 1. The zero-order valence-corrected chi connectivity index (χ0v) is 6.74. The second-order valence-corrected chi connectivity index (χ2v) is 2.11. The Kier molecular flexibility index (Phi) is 3.93. The van der Waals surface area contributed by atoms with Crippen LogP contribution in [0.5, 0.6) is 0 Å². The lowest BCUT2D eigenvalue weighted by Crippen LogP contribution is -2.18. The van der Waals surface area contributed by atoms with E-state index in [1.165, 1.54) is 6.92 Å². The van der Waals surface area contributed by atoms with Crippen molar-refractivity contribution in [2.75, 3.05) is 0 Å². The summed E-state index contributed by atoms with van der Waals surface area (Å²) >= 11 is 0. The minimum atomic E-state index is -1.02. The van der Waals surface area contributed by atoms with Crippen molar-refractivity contribution in [2.24, 2.45) is 0 Å². The monoisotopic (exact) mass is 170 g/mol. The third kappa shape index (κ3) is 3.12. The van der Waals surface area contributed by atoms with Crippen molar-refractivity contribution in [3.8, 4) is 0 Å². The second kappa shape index (κ2) is 4.46. The number of aliphatic hydroxyl groups excluding tert-OH is 1. The Morgan fingerprint density at radius 2 is 2.08 bits per heavy atom. The Labute approximate surface area is 70.1 Å². The summed E-state index contributed by atoms with van der Waals surface area (Å²) in [7, 11) is 0. The van der Waals surface area contributed by atoms with Crippen LogP contribution in [0.4, 0.5) is 0 Å². The van der Waals surface area contributed by atoms with E-state index in [0.717, 1.165) is 6.08 Å². The Balaban J connectivity index is 4.14. The van der Waals surface area contributed by atoms with Gasteiger partial charge in [0.2, 0.25) is 0 Å². The van der Waals surface area contributed by atoms with Gasteiger partial charge in [-0.15, -0.1) is 0 Å². The van der Waals surface area contributed by atoms with Crippen LogP contribution in [0.15, 0.2) is 24.8 Å². The van der Waals surface area contributed by atoms with E-state index in [2.05, 4.69) is 17.9 Å². The molecule has 4 nitrogen and oxygen atoms in total. The van der Waals surface area contributed by atoms with Gasteiger partial charge in [0.25, 0.3) is 0 Å². The van der Waals surface area contributed by atoms with Gasteiger partial charge in [-0.3, -0.25) is 0 Å². The number of rotatable bonds is 3. The third-order valence-corrected chi connectivity index (χ3v) is 1.13. The first-order valence-electron chi connectivity index (χ1n) is 3.24. The first-order chi connectivity index (χ1) is 5.49. The summed E-state index contributed by atoms with van der Waals surface area (Å²) in [5.74, 6) is -1.79. The van der Waals surface area contributed by atoms with Crippen molar-refractivity contribution in [3.63, 3.8) is 0 Å². The molecule has 0 rings (SSSR count).